The minimum atomic E-state index is -4.05. The van der Waals surface area contributed by atoms with Gasteiger partial charge in [-0.2, -0.15) is 9.53 Å². The molecule has 3 aromatic heterocycles. The third kappa shape index (κ3) is 22.4. The SMILES string of the molecule is C.CC.CC.CC.CC.CC.CC.CCOP1(=O)N=C(c2c(O)c3ccccc3n(C)c2=O)Nc2ccccc21.C[Si](C)(C)Br.ClCCl.Cn1c(=O)c(C2=NP(=O)(O)c3ccccc3N2)c(O)c2ccccc21.Cn1c(=O)c(C2=NP(C)(=O)c3ccccc3N2)c(O)c2ccccc21.I.[HH]. The zero-order valence-electron chi connectivity index (χ0n) is 59.5. The number of rotatable bonds is 5. The quantitative estimate of drug-likeness (QED) is 0.0277. The van der Waals surface area contributed by atoms with Gasteiger partial charge < -0.3 is 54.4 Å². The van der Waals surface area contributed by atoms with Crippen molar-refractivity contribution >= 4 is 175 Å². The van der Waals surface area contributed by atoms with Crippen molar-refractivity contribution in [2.24, 2.45) is 35.4 Å². The van der Waals surface area contributed by atoms with Crippen LogP contribution in [0.3, 0.4) is 0 Å². The van der Waals surface area contributed by atoms with Crippen molar-refractivity contribution in [3.8, 4) is 17.2 Å². The van der Waals surface area contributed by atoms with Crippen LogP contribution in [0.4, 0.5) is 17.1 Å². The second-order valence-electron chi connectivity index (χ2n) is 20.1. The van der Waals surface area contributed by atoms with Gasteiger partial charge in [0.15, 0.2) is 11.7 Å². The third-order valence-electron chi connectivity index (χ3n) is 13.1. The summed E-state index contributed by atoms with van der Waals surface area (Å²) in [6.07, 6.45) is 0. The zero-order chi connectivity index (χ0) is 73.9. The van der Waals surface area contributed by atoms with Crippen LogP contribution < -0.4 is 48.5 Å². The fourth-order valence-electron chi connectivity index (χ4n) is 9.37. The molecule has 6 aromatic carbocycles. The van der Waals surface area contributed by atoms with Gasteiger partial charge in [0.25, 0.3) is 16.7 Å². The van der Waals surface area contributed by atoms with Crippen molar-refractivity contribution in [3.05, 3.63) is 193 Å². The number of benzene rings is 6. The molecule has 0 saturated carbocycles. The molecule has 0 bridgehead atoms. The zero-order valence-corrected chi connectivity index (χ0v) is 68.6. The molecule has 28 heteroatoms. The smallest absolute Gasteiger partial charge is 0.348 e. The predicted molar refractivity (Wildman–Crippen MR) is 445 cm³/mol. The first-order valence-electron chi connectivity index (χ1n) is 32.0. The van der Waals surface area contributed by atoms with Crippen molar-refractivity contribution in [1.82, 2.24) is 13.7 Å². The van der Waals surface area contributed by atoms with E-state index in [-0.39, 0.29) is 102 Å². The Bertz CT molecular complexity index is 4400. The van der Waals surface area contributed by atoms with E-state index >= 15 is 0 Å². The maximum Gasteiger partial charge on any atom is 0.348 e. The lowest BCUT2D eigenvalue weighted by atomic mass is 10.1. The molecule has 0 saturated heterocycles. The van der Waals surface area contributed by atoms with Crippen molar-refractivity contribution in [1.29, 1.82) is 0 Å². The number of nitrogens with zero attached hydrogens (tertiary/aromatic N) is 6. The Balaban J connectivity index is 0. The molecule has 9 aromatic rings. The van der Waals surface area contributed by atoms with Crippen LogP contribution >= 0.6 is 84.8 Å². The molecule has 544 valence electrons. The summed E-state index contributed by atoms with van der Waals surface area (Å²) in [6.45, 7) is 33.4. The number of hydrogen-bond acceptors (Lipinski definition) is 13. The maximum absolute atomic E-state index is 13.4. The number of amidine groups is 3. The van der Waals surface area contributed by atoms with Gasteiger partial charge in [-0.3, -0.25) is 28.1 Å². The minimum Gasteiger partial charge on any atom is -0.506 e. The van der Waals surface area contributed by atoms with Gasteiger partial charge in [-0.1, -0.05) is 183 Å². The van der Waals surface area contributed by atoms with E-state index in [0.29, 0.717) is 60.4 Å². The Morgan fingerprint density at radius 1 is 0.485 bits per heavy atom. The minimum absolute atomic E-state index is 0. The second kappa shape index (κ2) is 43.2. The number of alkyl halides is 2. The number of halogens is 4. The van der Waals surface area contributed by atoms with E-state index in [4.69, 9.17) is 27.7 Å². The van der Waals surface area contributed by atoms with Gasteiger partial charge in [0.1, 0.15) is 46.5 Å². The summed E-state index contributed by atoms with van der Waals surface area (Å²) >= 11 is 13.0. The van der Waals surface area contributed by atoms with Crippen molar-refractivity contribution in [2.45, 2.75) is 117 Å². The Morgan fingerprint density at radius 2 is 0.737 bits per heavy atom. The van der Waals surface area contributed by atoms with Crippen molar-refractivity contribution < 1.29 is 39.9 Å². The van der Waals surface area contributed by atoms with Gasteiger partial charge in [-0.25, -0.2) is 4.76 Å². The third-order valence-corrected chi connectivity index (χ3v) is 18.6. The molecule has 3 atom stereocenters. The number of aromatic hydroxyl groups is 3. The molecule has 3 aliphatic rings. The normalized spacial score (nSPS) is 15.9. The Kier molecular flexibility index (Phi) is 40.3. The highest BCUT2D eigenvalue weighted by atomic mass is 127. The van der Waals surface area contributed by atoms with Crippen LogP contribution in [0.2, 0.25) is 19.6 Å². The van der Waals surface area contributed by atoms with Crippen LogP contribution in [-0.2, 0) is 39.4 Å². The molecule has 7 N–H and O–H groups in total. The number of hydrogen-bond donors (Lipinski definition) is 7. The summed E-state index contributed by atoms with van der Waals surface area (Å²) in [5.74, 6) is -0.591. The van der Waals surface area contributed by atoms with Gasteiger partial charge in [-0.05, 0) is 79.7 Å². The summed E-state index contributed by atoms with van der Waals surface area (Å²) in [7, 11) is -5.84. The summed E-state index contributed by atoms with van der Waals surface area (Å²) in [6, 6.07) is 41.5. The Labute approximate surface area is 621 Å². The topological polar surface area (TPSA) is 281 Å². The van der Waals surface area contributed by atoms with E-state index < -0.39 is 45.7 Å². The highest BCUT2D eigenvalue weighted by Gasteiger charge is 2.37. The number of nitrogens with one attached hydrogen (secondary N) is 3. The van der Waals surface area contributed by atoms with E-state index in [9.17, 15) is 48.3 Å². The molecule has 0 spiro atoms. The lowest BCUT2D eigenvalue weighted by molar-refractivity contribution is 0.341. The first-order valence-corrected chi connectivity index (χ1v) is 44.1. The van der Waals surface area contributed by atoms with E-state index in [1.807, 2.05) is 89.2 Å². The lowest BCUT2D eigenvalue weighted by Gasteiger charge is -2.25. The average molecular weight is 1660 g/mol. The standard InChI is InChI=1S/C19H18N3O4P.C18H16N3O3P.C17H14N3O4P.C3H9BrSi.6C2H6.CH2Cl2.CH4.HI.H2/c1-3-26-27(25)15-11-7-5-9-13(15)20-18(21-27)16-17(23)12-8-4-6-10-14(12)22(2)19(16)24;1-21-13-9-5-3-7-11(13)16(22)15(18(21)23)17-19-12-8-4-6-10-14(12)25(2,24)20-17;1-20-12-8-4-2-6-10(12)15(21)14(17(20)22)16-18-11-7-3-5-9-13(11)25(23,24)19-16;1-5(2,3)4;6*1-2;2-1-3;;;/h4-11,23H,3H2,1-2H3,(H,20,21,25);3-10,22H,1-2H3,(H,19,20,24);2-9,21H,1H3,(H2,18,19,23,24);1-3H3;6*1-2H3;1H2;1H4;2*1H. The second-order valence-corrected chi connectivity index (χ2v) is 38.4. The van der Waals surface area contributed by atoms with E-state index in [2.05, 4.69) is 65.2 Å². The van der Waals surface area contributed by atoms with E-state index in [1.165, 1.54) is 19.8 Å². The monoisotopic (exact) mass is 1650 g/mol. The highest BCUT2D eigenvalue weighted by molar-refractivity contribution is 14.0. The molecule has 99 heavy (non-hydrogen) atoms. The number of anilines is 3. The number of aryl methyl sites for hydroxylation is 3. The van der Waals surface area contributed by atoms with Crippen LogP contribution in [0.15, 0.2) is 174 Å². The fourth-order valence-corrected chi connectivity index (χ4v) is 14.0. The first kappa shape index (κ1) is 92.4. The largest absolute Gasteiger partial charge is 0.506 e. The van der Waals surface area contributed by atoms with Crippen LogP contribution in [0.25, 0.3) is 32.7 Å². The molecule has 0 aliphatic carbocycles. The predicted octanol–water partition coefficient (Wildman–Crippen LogP) is 18.8. The van der Waals surface area contributed by atoms with Crippen LogP contribution in [0.1, 0.15) is 116 Å². The van der Waals surface area contributed by atoms with Gasteiger partial charge in [0.2, 0.25) is 7.29 Å². The molecular weight excluding hydrogens is 1550 g/mol. The summed E-state index contributed by atoms with van der Waals surface area (Å²) in [4.78, 5) is 48.8. The average Bonchev–Trinajstić information content (AvgIpc) is 0.758. The van der Waals surface area contributed by atoms with Crippen molar-refractivity contribution in [2.75, 3.05) is 34.6 Å². The van der Waals surface area contributed by atoms with Crippen molar-refractivity contribution in [3.63, 3.8) is 0 Å². The number of para-hydroxylation sites is 6. The molecule has 3 aliphatic heterocycles. The molecule has 6 heterocycles. The number of pyridine rings is 3. The van der Waals surface area contributed by atoms with Crippen LogP contribution in [0, 0.1) is 0 Å². The van der Waals surface area contributed by atoms with Gasteiger partial charge in [0, 0.05) is 45.4 Å². The number of fused-ring (bicyclic) bond motifs is 6. The highest BCUT2D eigenvalue weighted by Crippen LogP contribution is 2.52. The molecule has 20 nitrogen and oxygen atoms in total. The first-order chi connectivity index (χ1) is 46.2. The molecular formula is C71H102BrCl2IN9O11P3Si. The van der Waals surface area contributed by atoms with Gasteiger partial charge in [0.05, 0.1) is 61.5 Å². The van der Waals surface area contributed by atoms with Crippen LogP contribution in [-0.4, -0.2) is 76.7 Å². The Hall–Kier alpha value is -6.62. The maximum atomic E-state index is 13.4. The van der Waals surface area contributed by atoms with Crippen LogP contribution in [0.5, 0.6) is 17.2 Å². The molecule has 0 radical (unpaired) electrons. The van der Waals surface area contributed by atoms with E-state index in [0.717, 1.165) is 0 Å². The molecule has 0 amide bonds. The molecule has 0 fully saturated rings. The lowest BCUT2D eigenvalue weighted by Crippen LogP contribution is -2.32. The molecule has 3 unspecified atom stereocenters. The summed E-state index contributed by atoms with van der Waals surface area (Å²) in [5.41, 5.74) is 1.81. The Morgan fingerprint density at radius 3 is 1.07 bits per heavy atom. The number of aromatic nitrogens is 3. The summed E-state index contributed by atoms with van der Waals surface area (Å²) < 4.78 is 61.0. The van der Waals surface area contributed by atoms with Gasteiger partial charge in [-0.15, -0.1) is 62.5 Å². The fraction of sp³-hybridized carbons (Fsp3) is 0.324. The molecule has 12 rings (SSSR count). The van der Waals surface area contributed by atoms with E-state index in [1.54, 1.807) is 168 Å². The summed E-state index contributed by atoms with van der Waals surface area (Å²) in [5, 5.41) is 44.0. The van der Waals surface area contributed by atoms with Gasteiger partial charge >= 0.3 is 15.0 Å².